The van der Waals surface area contributed by atoms with Crippen LogP contribution < -0.4 is 5.73 Å². The van der Waals surface area contributed by atoms with Crippen molar-refractivity contribution in [1.82, 2.24) is 0 Å². The SMILES string of the molecule is CCC/C=C/CCCCCCCCC/C=C/C(N)CO. The van der Waals surface area contributed by atoms with Gasteiger partial charge < -0.3 is 10.8 Å². The molecule has 0 amide bonds. The fraction of sp³-hybridized carbons (Fsp3) is 0.778. The highest BCUT2D eigenvalue weighted by molar-refractivity contribution is 4.90. The zero-order valence-electron chi connectivity index (χ0n) is 13.4. The number of unbranched alkanes of at least 4 members (excludes halogenated alkanes) is 9. The number of aliphatic hydroxyl groups is 1. The smallest absolute Gasteiger partial charge is 0.0618 e. The second-order valence-corrected chi connectivity index (χ2v) is 5.59. The third-order valence-corrected chi connectivity index (χ3v) is 3.46. The van der Waals surface area contributed by atoms with Crippen molar-refractivity contribution in [3.63, 3.8) is 0 Å². The van der Waals surface area contributed by atoms with Crippen LogP contribution in [0.15, 0.2) is 24.3 Å². The van der Waals surface area contributed by atoms with E-state index in [0.29, 0.717) is 0 Å². The summed E-state index contributed by atoms with van der Waals surface area (Å²) in [7, 11) is 0. The number of hydrogen-bond acceptors (Lipinski definition) is 2. The lowest BCUT2D eigenvalue weighted by Crippen LogP contribution is -2.20. The maximum atomic E-state index is 8.76. The van der Waals surface area contributed by atoms with E-state index in [1.165, 1.54) is 64.2 Å². The number of aliphatic hydroxyl groups excluding tert-OH is 1. The maximum absolute atomic E-state index is 8.76. The first kappa shape index (κ1) is 19.4. The minimum absolute atomic E-state index is 0.0458. The van der Waals surface area contributed by atoms with Gasteiger partial charge in [-0.1, -0.05) is 69.8 Å². The van der Waals surface area contributed by atoms with Crippen LogP contribution in [-0.4, -0.2) is 17.8 Å². The molecule has 3 N–H and O–H groups in total. The molecule has 0 aromatic carbocycles. The van der Waals surface area contributed by atoms with Crippen LogP contribution in [0.25, 0.3) is 0 Å². The first-order valence-corrected chi connectivity index (χ1v) is 8.49. The molecule has 1 unspecified atom stereocenters. The third-order valence-electron chi connectivity index (χ3n) is 3.46. The minimum atomic E-state index is -0.179. The van der Waals surface area contributed by atoms with Crippen molar-refractivity contribution in [2.45, 2.75) is 83.6 Å². The van der Waals surface area contributed by atoms with Gasteiger partial charge in [-0.3, -0.25) is 0 Å². The lowest BCUT2D eigenvalue weighted by atomic mass is 10.1. The molecule has 0 aliphatic rings. The summed E-state index contributed by atoms with van der Waals surface area (Å²) in [5.74, 6) is 0. The molecule has 0 bridgehead atoms. The van der Waals surface area contributed by atoms with Crippen LogP contribution >= 0.6 is 0 Å². The molecule has 0 saturated heterocycles. The quantitative estimate of drug-likeness (QED) is 0.357. The Kier molecular flexibility index (Phi) is 16.0. The topological polar surface area (TPSA) is 46.2 Å². The predicted molar refractivity (Wildman–Crippen MR) is 89.8 cm³/mol. The molecule has 20 heavy (non-hydrogen) atoms. The van der Waals surface area contributed by atoms with Crippen LogP contribution in [0.4, 0.5) is 0 Å². The Morgan fingerprint density at radius 3 is 1.85 bits per heavy atom. The normalized spacial score (nSPS) is 13.6. The van der Waals surface area contributed by atoms with Gasteiger partial charge in [0, 0.05) is 6.04 Å². The van der Waals surface area contributed by atoms with Crippen LogP contribution in [-0.2, 0) is 0 Å². The van der Waals surface area contributed by atoms with Crippen molar-refractivity contribution in [2.24, 2.45) is 5.73 Å². The van der Waals surface area contributed by atoms with E-state index in [9.17, 15) is 0 Å². The van der Waals surface area contributed by atoms with Gasteiger partial charge in [-0.2, -0.15) is 0 Å². The summed E-state index contributed by atoms with van der Waals surface area (Å²) < 4.78 is 0. The second kappa shape index (κ2) is 16.5. The summed E-state index contributed by atoms with van der Waals surface area (Å²) in [6, 6.07) is -0.179. The highest BCUT2D eigenvalue weighted by Gasteiger charge is 1.93. The average Bonchev–Trinajstić information content (AvgIpc) is 2.47. The lowest BCUT2D eigenvalue weighted by Gasteiger charge is -2.01. The van der Waals surface area contributed by atoms with Gasteiger partial charge in [0.25, 0.3) is 0 Å². The molecule has 0 saturated carbocycles. The number of allylic oxidation sites excluding steroid dienone is 3. The first-order valence-electron chi connectivity index (χ1n) is 8.49. The van der Waals surface area contributed by atoms with E-state index in [1.807, 2.05) is 6.08 Å². The molecule has 0 aliphatic heterocycles. The molecule has 0 aliphatic carbocycles. The van der Waals surface area contributed by atoms with E-state index in [-0.39, 0.29) is 12.6 Å². The van der Waals surface area contributed by atoms with Gasteiger partial charge in [-0.05, 0) is 32.1 Å². The van der Waals surface area contributed by atoms with E-state index < -0.39 is 0 Å². The second-order valence-electron chi connectivity index (χ2n) is 5.59. The molecule has 2 heteroatoms. The van der Waals surface area contributed by atoms with Crippen LogP contribution in [0.3, 0.4) is 0 Å². The molecule has 2 nitrogen and oxygen atoms in total. The zero-order valence-corrected chi connectivity index (χ0v) is 13.4. The van der Waals surface area contributed by atoms with Gasteiger partial charge in [0.15, 0.2) is 0 Å². The van der Waals surface area contributed by atoms with Gasteiger partial charge in [0.05, 0.1) is 6.61 Å². The molecule has 0 fully saturated rings. The fourth-order valence-corrected chi connectivity index (χ4v) is 2.14. The Bertz CT molecular complexity index is 236. The van der Waals surface area contributed by atoms with Gasteiger partial charge in [0.1, 0.15) is 0 Å². The molecule has 0 radical (unpaired) electrons. The van der Waals surface area contributed by atoms with Gasteiger partial charge >= 0.3 is 0 Å². The van der Waals surface area contributed by atoms with E-state index >= 15 is 0 Å². The van der Waals surface area contributed by atoms with E-state index in [0.717, 1.165) is 6.42 Å². The Morgan fingerprint density at radius 1 is 0.800 bits per heavy atom. The average molecular weight is 281 g/mol. The standard InChI is InChI=1S/C18H35NO/c1-2-3-4-5-6-7-8-9-10-11-12-13-14-15-16-18(19)17-20/h4-5,15-16,18,20H,2-3,6-14,17,19H2,1H3/b5-4+,16-15+. The van der Waals surface area contributed by atoms with E-state index in [1.54, 1.807) is 0 Å². The largest absolute Gasteiger partial charge is 0.394 e. The minimum Gasteiger partial charge on any atom is -0.394 e. The molecular weight excluding hydrogens is 246 g/mol. The summed E-state index contributed by atoms with van der Waals surface area (Å²) in [6.07, 6.45) is 22.9. The Morgan fingerprint density at radius 2 is 1.30 bits per heavy atom. The molecule has 0 aromatic rings. The van der Waals surface area contributed by atoms with Crippen LogP contribution in [0.1, 0.15) is 77.6 Å². The zero-order chi connectivity index (χ0) is 14.9. The van der Waals surface area contributed by atoms with Gasteiger partial charge in [0.2, 0.25) is 0 Å². The van der Waals surface area contributed by atoms with Crippen LogP contribution in [0, 0.1) is 0 Å². The van der Waals surface area contributed by atoms with Crippen molar-refractivity contribution in [3.8, 4) is 0 Å². The van der Waals surface area contributed by atoms with Gasteiger partial charge in [-0.15, -0.1) is 0 Å². The Hall–Kier alpha value is -0.600. The first-order chi connectivity index (χ1) is 9.81. The van der Waals surface area contributed by atoms with Crippen molar-refractivity contribution in [1.29, 1.82) is 0 Å². The van der Waals surface area contributed by atoms with Crippen molar-refractivity contribution in [3.05, 3.63) is 24.3 Å². The highest BCUT2D eigenvalue weighted by atomic mass is 16.3. The molecule has 118 valence electrons. The summed E-state index contributed by atoms with van der Waals surface area (Å²) in [6.45, 7) is 2.27. The fourth-order valence-electron chi connectivity index (χ4n) is 2.14. The number of hydrogen-bond donors (Lipinski definition) is 2. The van der Waals surface area contributed by atoms with E-state index in [4.69, 9.17) is 10.8 Å². The molecule has 0 spiro atoms. The maximum Gasteiger partial charge on any atom is 0.0618 e. The van der Waals surface area contributed by atoms with Gasteiger partial charge in [-0.25, -0.2) is 0 Å². The van der Waals surface area contributed by atoms with Crippen LogP contribution in [0.5, 0.6) is 0 Å². The summed E-state index contributed by atoms with van der Waals surface area (Å²) >= 11 is 0. The van der Waals surface area contributed by atoms with Crippen LogP contribution in [0.2, 0.25) is 0 Å². The van der Waals surface area contributed by atoms with Crippen molar-refractivity contribution < 1.29 is 5.11 Å². The summed E-state index contributed by atoms with van der Waals surface area (Å²) in [4.78, 5) is 0. The lowest BCUT2D eigenvalue weighted by molar-refractivity contribution is 0.284. The van der Waals surface area contributed by atoms with Crippen molar-refractivity contribution >= 4 is 0 Å². The predicted octanol–water partition coefficient (Wildman–Crippen LogP) is 4.73. The summed E-state index contributed by atoms with van der Waals surface area (Å²) in [5, 5.41) is 8.76. The monoisotopic (exact) mass is 281 g/mol. The molecule has 0 rings (SSSR count). The molecule has 0 heterocycles. The number of rotatable bonds is 14. The highest BCUT2D eigenvalue weighted by Crippen LogP contribution is 2.10. The summed E-state index contributed by atoms with van der Waals surface area (Å²) in [5.41, 5.74) is 5.58. The Labute approximate surface area is 126 Å². The Balaban J connectivity index is 3.11. The third kappa shape index (κ3) is 15.5. The molecular formula is C18H35NO. The molecule has 0 aromatic heterocycles. The van der Waals surface area contributed by atoms with E-state index in [2.05, 4.69) is 25.2 Å². The molecule has 1 atom stereocenters. The van der Waals surface area contributed by atoms with Crippen molar-refractivity contribution in [2.75, 3.05) is 6.61 Å². The number of nitrogens with two attached hydrogens (primary N) is 1.